The van der Waals surface area contributed by atoms with Crippen molar-refractivity contribution < 1.29 is 4.74 Å². The Morgan fingerprint density at radius 2 is 0.977 bits per heavy atom. The van der Waals surface area contributed by atoms with E-state index in [1.54, 1.807) is 0 Å². The van der Waals surface area contributed by atoms with Crippen molar-refractivity contribution in [3.63, 3.8) is 0 Å². The van der Waals surface area contributed by atoms with Gasteiger partial charge in [-0.15, -0.1) is 0 Å². The molecule has 0 saturated heterocycles. The first kappa shape index (κ1) is 54.5. The molecule has 0 saturated carbocycles. The fraction of sp³-hybridized carbons (Fsp3) is 0.111. The van der Waals surface area contributed by atoms with Crippen molar-refractivity contribution >= 4 is 113 Å². The molecule has 14 aromatic rings. The van der Waals surface area contributed by atoms with Gasteiger partial charge in [-0.3, -0.25) is 4.57 Å². The number of para-hydroxylation sites is 3. The molecule has 0 radical (unpaired) electrons. The van der Waals surface area contributed by atoms with Crippen molar-refractivity contribution in [2.24, 2.45) is 0 Å². The third-order valence-electron chi connectivity index (χ3n) is 18.1. The number of rotatable bonds is 9. The predicted octanol–water partition coefficient (Wildman–Crippen LogP) is 18.8. The molecule has 6 nitrogen and oxygen atoms in total. The molecule has 3 aromatic heterocycles. The molecule has 1 aliphatic rings. The summed E-state index contributed by atoms with van der Waals surface area (Å²) in [5.74, 6) is 2.09. The van der Waals surface area contributed by atoms with Crippen LogP contribution in [0.3, 0.4) is 0 Å². The van der Waals surface area contributed by atoms with Gasteiger partial charge in [0.15, 0.2) is 0 Å². The second kappa shape index (κ2) is 21.3. The zero-order valence-corrected chi connectivity index (χ0v) is 52.4. The summed E-state index contributed by atoms with van der Waals surface area (Å²) in [6, 6.07) is 98.2. The van der Waals surface area contributed by atoms with Crippen LogP contribution < -0.4 is 27.2 Å². The topological polar surface area (TPSA) is 39.6 Å². The van der Waals surface area contributed by atoms with Gasteiger partial charge in [-0.1, -0.05) is 39.0 Å². The number of ether oxygens (including phenoxy) is 1. The summed E-state index contributed by atoms with van der Waals surface area (Å²) in [7, 11) is 0. The number of hydrogen-bond donors (Lipinski definition) is 0. The first-order valence-electron chi connectivity index (χ1n) is 30.4. The molecule has 0 fully saturated rings. The average Bonchev–Trinajstić information content (AvgIpc) is 1.84. The summed E-state index contributed by atoms with van der Waals surface area (Å²) in [5, 5.41) is 9.20. The molecule has 0 spiro atoms. The van der Waals surface area contributed by atoms with Gasteiger partial charge in [-0.05, 0) is 41.3 Å². The van der Waals surface area contributed by atoms with Crippen LogP contribution in [0.5, 0.6) is 11.5 Å². The van der Waals surface area contributed by atoms with E-state index in [4.69, 9.17) is 16.3 Å². The van der Waals surface area contributed by atoms with E-state index < -0.39 is 13.3 Å². The maximum absolute atomic E-state index is 8.58. The monoisotopic (exact) mass is 1200 g/mol. The van der Waals surface area contributed by atoms with Gasteiger partial charge in [-0.2, -0.15) is 0 Å². The minimum absolute atomic E-state index is 0.0617. The maximum atomic E-state index is 8.58. The van der Waals surface area contributed by atoms with Crippen LogP contribution in [0, 0.1) is 6.57 Å². The van der Waals surface area contributed by atoms with Gasteiger partial charge in [0.1, 0.15) is 11.6 Å². The molecular formula is C81H65GeN5O. The Morgan fingerprint density at radius 3 is 1.59 bits per heavy atom. The first-order chi connectivity index (χ1) is 42.8. The molecule has 0 unspecified atom stereocenters. The van der Waals surface area contributed by atoms with E-state index in [0.29, 0.717) is 23.9 Å². The number of aromatic nitrogens is 3. The van der Waals surface area contributed by atoms with E-state index >= 15 is 0 Å². The van der Waals surface area contributed by atoms with Crippen LogP contribution in [0.25, 0.3) is 86.9 Å². The molecular weight excluding hydrogens is 1130 g/mol. The van der Waals surface area contributed by atoms with Gasteiger partial charge in [0.25, 0.3) is 0 Å². The van der Waals surface area contributed by atoms with Crippen molar-refractivity contribution in [3.8, 4) is 28.4 Å². The van der Waals surface area contributed by atoms with Gasteiger partial charge in [-0.25, -0.2) is 4.98 Å². The summed E-state index contributed by atoms with van der Waals surface area (Å²) < 4.78 is 17.3. The van der Waals surface area contributed by atoms with Crippen molar-refractivity contribution in [1.82, 2.24) is 14.1 Å². The first-order valence-corrected chi connectivity index (χ1v) is 34.6. The Labute approximate surface area is 516 Å². The Kier molecular flexibility index (Phi) is 13.2. The van der Waals surface area contributed by atoms with Gasteiger partial charge in [0, 0.05) is 23.0 Å². The van der Waals surface area contributed by atoms with Crippen LogP contribution in [-0.4, -0.2) is 27.4 Å². The van der Waals surface area contributed by atoms with E-state index in [1.165, 1.54) is 45.0 Å². The van der Waals surface area contributed by atoms with Gasteiger partial charge in [0.05, 0.1) is 17.6 Å². The molecule has 15 rings (SSSR count). The molecule has 0 amide bonds. The van der Waals surface area contributed by atoms with E-state index in [-0.39, 0.29) is 10.8 Å². The molecule has 0 N–H and O–H groups in total. The number of nitrogens with zero attached hydrogens (tertiary/aromatic N) is 5. The summed E-state index contributed by atoms with van der Waals surface area (Å²) >= 11 is -3.83. The Balaban J connectivity index is 0.969. The third-order valence-corrected chi connectivity index (χ3v) is 28.1. The standard InChI is InChI=1S/C81H65GeN5O/c1-80(2,3)55-43-44-84-77(48-55)87-74-39-22-21-35-70(74)71-42-41-63(52-76(71)87)88-64-50-61(83-7)49-62(51-64)85-53-86-78-65(36-23-37-72(78)68-33-19-17-31-66(68)67-32-18-20-34-69(67)73-38-24-40-75(85)79(73)86)54-45-56(81(4,5)6)47-60(46-54)82(57-25-11-8-12-26-57,58-27-13-9-14-28-58)59-29-15-10-16-30-59/h8-52H,53H2,1-6H3. The van der Waals surface area contributed by atoms with E-state index in [9.17, 15) is 0 Å². The van der Waals surface area contributed by atoms with Crippen molar-refractivity contribution in [1.29, 1.82) is 0 Å². The van der Waals surface area contributed by atoms with Gasteiger partial charge < -0.3 is 0 Å². The SMILES string of the molecule is [C-]#[N+]c1cc(Oc2ccc3c4ccccc4n(-c4cc(C(C)(C)C)ccn4)c3c2)cc(N2Cn3c4c(-c5cc(C(C)(C)C)c[c]([Ge]([c]6ccccc6)([c]6ccccc6)[c]6ccccc6)c5)cccc4c4ccccc4c4ccccc4c4cccc2c43)c1. The van der Waals surface area contributed by atoms with E-state index in [1.807, 2.05) is 24.4 Å². The summed E-state index contributed by atoms with van der Waals surface area (Å²) in [5.41, 5.74) is 11.2. The molecule has 0 atom stereocenters. The van der Waals surface area contributed by atoms with Crippen LogP contribution in [0.2, 0.25) is 0 Å². The molecule has 424 valence electrons. The van der Waals surface area contributed by atoms with Crippen molar-refractivity contribution in [3.05, 3.63) is 296 Å². The quantitative estimate of drug-likeness (QED) is 0.107. The molecule has 88 heavy (non-hydrogen) atoms. The average molecular weight is 1200 g/mol. The van der Waals surface area contributed by atoms with Crippen LogP contribution in [0.4, 0.5) is 17.1 Å². The molecule has 1 aliphatic heterocycles. The summed E-state index contributed by atoms with van der Waals surface area (Å²) in [6.45, 7) is 22.8. The zero-order chi connectivity index (χ0) is 59.9. The Hall–Kier alpha value is -10.2. The second-order valence-corrected chi connectivity index (χ2v) is 33.4. The van der Waals surface area contributed by atoms with E-state index in [2.05, 4.69) is 309 Å². The number of anilines is 2. The molecule has 0 bridgehead atoms. The summed E-state index contributed by atoms with van der Waals surface area (Å²) in [4.78, 5) is 11.4. The zero-order valence-electron chi connectivity index (χ0n) is 50.3. The number of benzene rings is 11. The van der Waals surface area contributed by atoms with Crippen LogP contribution in [0.1, 0.15) is 52.7 Å². The van der Waals surface area contributed by atoms with E-state index in [0.717, 1.165) is 77.1 Å². The predicted molar refractivity (Wildman–Crippen MR) is 372 cm³/mol. The fourth-order valence-electron chi connectivity index (χ4n) is 13.9. The fourth-order valence-corrected chi connectivity index (χ4v) is 24.0. The molecule has 4 heterocycles. The Bertz CT molecular complexity index is 5100. The Morgan fingerprint density at radius 1 is 0.432 bits per heavy atom. The van der Waals surface area contributed by atoms with Crippen molar-refractivity contribution in [2.45, 2.75) is 59.0 Å². The number of hydrogen-bond acceptors (Lipinski definition) is 3. The van der Waals surface area contributed by atoms with Crippen LogP contribution in [0.15, 0.2) is 273 Å². The van der Waals surface area contributed by atoms with Crippen LogP contribution in [-0.2, 0) is 17.5 Å². The van der Waals surface area contributed by atoms with Gasteiger partial charge >= 0.3 is 378 Å². The minimum atomic E-state index is -3.83. The molecule has 7 heteroatoms. The molecule has 0 aliphatic carbocycles. The van der Waals surface area contributed by atoms with Crippen LogP contribution >= 0.6 is 0 Å². The van der Waals surface area contributed by atoms with Crippen molar-refractivity contribution in [2.75, 3.05) is 4.90 Å². The third kappa shape index (κ3) is 9.11. The molecule has 11 aromatic carbocycles. The van der Waals surface area contributed by atoms with Gasteiger partial charge in [0.2, 0.25) is 0 Å². The summed E-state index contributed by atoms with van der Waals surface area (Å²) in [6.07, 6.45) is 1.91. The number of pyridine rings is 1. The normalized spacial score (nSPS) is 12.6. The number of fused-ring (bicyclic) bond motifs is 10. The second-order valence-electron chi connectivity index (χ2n) is 25.4.